The van der Waals surface area contributed by atoms with Crippen LogP contribution in [0.15, 0.2) is 0 Å². The predicted octanol–water partition coefficient (Wildman–Crippen LogP) is 4.52. The van der Waals surface area contributed by atoms with Gasteiger partial charge in [0.2, 0.25) is 0 Å². The van der Waals surface area contributed by atoms with E-state index in [-0.39, 0.29) is 0 Å². The summed E-state index contributed by atoms with van der Waals surface area (Å²) in [5, 5.41) is 0. The summed E-state index contributed by atoms with van der Waals surface area (Å²) in [6.45, 7) is 2.43. The lowest BCUT2D eigenvalue weighted by Gasteiger charge is -2.67. The molecule has 8 unspecified atom stereocenters. The molecule has 0 N–H and O–H groups in total. The maximum Gasteiger partial charge on any atom is 0.303 e. The molecule has 6 fully saturated rings. The summed E-state index contributed by atoms with van der Waals surface area (Å²) in [5.41, 5.74) is 0. The summed E-state index contributed by atoms with van der Waals surface area (Å²) in [6, 6.07) is 1.45. The monoisotopic (exact) mass is 418 g/mol. The van der Waals surface area contributed by atoms with Crippen molar-refractivity contribution in [2.24, 2.45) is 35.5 Å². The molecule has 2 saturated heterocycles. The van der Waals surface area contributed by atoms with E-state index in [1.54, 1.807) is 0 Å². The van der Waals surface area contributed by atoms with Crippen LogP contribution in [-0.4, -0.2) is 57.4 Å². The van der Waals surface area contributed by atoms with Crippen molar-refractivity contribution in [3.05, 3.63) is 0 Å². The average molecular weight is 419 g/mol. The van der Waals surface area contributed by atoms with Crippen molar-refractivity contribution >= 4 is 8.88 Å². The van der Waals surface area contributed by atoms with E-state index in [9.17, 15) is 0 Å². The van der Waals surface area contributed by atoms with Crippen LogP contribution < -0.4 is 0 Å². The molecule has 165 valence electrons. The van der Waals surface area contributed by atoms with Crippen molar-refractivity contribution in [1.82, 2.24) is 9.13 Å². The van der Waals surface area contributed by atoms with Crippen LogP contribution in [0.1, 0.15) is 77.0 Å². The Bertz CT molecular complexity index is 554. The van der Waals surface area contributed by atoms with Crippen LogP contribution in [0.2, 0.25) is 0 Å². The third kappa shape index (κ3) is 2.83. The van der Waals surface area contributed by atoms with Crippen molar-refractivity contribution in [3.63, 3.8) is 0 Å². The first-order valence-corrected chi connectivity index (χ1v) is 14.6. The quantitative estimate of drug-likeness (QED) is 0.627. The lowest BCUT2D eigenvalue weighted by Crippen LogP contribution is -2.77. The Balaban J connectivity index is 1.34. The van der Waals surface area contributed by atoms with Crippen LogP contribution in [-0.2, 0) is 8.85 Å². The highest BCUT2D eigenvalue weighted by Crippen LogP contribution is 2.55. The first-order chi connectivity index (χ1) is 14.3. The smallest absolute Gasteiger partial charge is 0.303 e. The highest BCUT2D eigenvalue weighted by Gasteiger charge is 2.55. The van der Waals surface area contributed by atoms with E-state index in [4.69, 9.17) is 8.85 Å². The first-order valence-electron chi connectivity index (χ1n) is 12.9. The van der Waals surface area contributed by atoms with E-state index < -0.39 is 8.88 Å². The Hall–Kier alpha value is 0.0569. The molecule has 0 radical (unpaired) electrons. The Morgan fingerprint density at radius 3 is 1.38 bits per heavy atom. The molecule has 6 rings (SSSR count). The summed E-state index contributed by atoms with van der Waals surface area (Å²) >= 11 is 0. The van der Waals surface area contributed by atoms with Gasteiger partial charge < -0.3 is 18.0 Å². The Labute approximate surface area is 179 Å². The summed E-state index contributed by atoms with van der Waals surface area (Å²) in [7, 11) is 1.41. The Morgan fingerprint density at radius 1 is 0.552 bits per heavy atom. The molecule has 2 aliphatic heterocycles. The Kier molecular flexibility index (Phi) is 5.15. The van der Waals surface area contributed by atoms with E-state index in [1.807, 2.05) is 14.2 Å². The maximum atomic E-state index is 6.61. The molecule has 4 aliphatic carbocycles. The number of nitrogens with zero attached hydrogens (tertiary/aromatic N) is 2. The van der Waals surface area contributed by atoms with Crippen molar-refractivity contribution < 1.29 is 8.85 Å². The molecule has 2 heterocycles. The van der Waals surface area contributed by atoms with Crippen LogP contribution in [0.4, 0.5) is 0 Å². The molecule has 0 bridgehead atoms. The number of piperidine rings is 2. The number of hydrogen-bond acceptors (Lipinski definition) is 4. The van der Waals surface area contributed by atoms with Gasteiger partial charge >= 0.3 is 8.88 Å². The van der Waals surface area contributed by atoms with Gasteiger partial charge in [0.1, 0.15) is 0 Å². The summed E-state index contributed by atoms with van der Waals surface area (Å²) in [4.78, 5) is 0. The highest BCUT2D eigenvalue weighted by molar-refractivity contribution is 6.61. The lowest BCUT2D eigenvalue weighted by atomic mass is 9.72. The van der Waals surface area contributed by atoms with E-state index in [0.717, 1.165) is 47.6 Å². The van der Waals surface area contributed by atoms with Gasteiger partial charge in [0, 0.05) is 0 Å². The van der Waals surface area contributed by atoms with Gasteiger partial charge in [-0.05, 0) is 126 Å². The third-order valence-electron chi connectivity index (χ3n) is 10.6. The zero-order valence-electron chi connectivity index (χ0n) is 18.7. The molecule has 0 aromatic heterocycles. The SMILES string of the molecule is CO[Si-](OC)(N1CCC2CCC3CCCC1C32)N1CCC2CCC3CCCC1C32. The average Bonchev–Trinajstić information content (AvgIpc) is 3.39. The van der Waals surface area contributed by atoms with Gasteiger partial charge in [-0.15, -0.1) is 0 Å². The minimum absolute atomic E-state index is 0.724. The lowest BCUT2D eigenvalue weighted by molar-refractivity contribution is -0.0362. The standard InChI is InChI=1S/C24H42N2O2Si/c1-27-29(28-2,25-15-13-19-11-9-17-5-3-7-21(25)23(17)19)26-16-14-20-12-10-18-6-4-8-22(26)24(18)20/h17-24H,3-16H2,1-2H3/q-1. The van der Waals surface area contributed by atoms with Gasteiger partial charge in [0.05, 0.1) is 0 Å². The number of rotatable bonds is 4. The minimum Gasteiger partial charge on any atom is -0.524 e. The van der Waals surface area contributed by atoms with Gasteiger partial charge in [0.25, 0.3) is 0 Å². The molecule has 8 atom stereocenters. The topological polar surface area (TPSA) is 24.9 Å². The normalized spacial score (nSPS) is 47.8. The number of hydrogen-bond donors (Lipinski definition) is 0. The minimum atomic E-state index is -2.55. The van der Waals surface area contributed by atoms with Crippen LogP contribution in [0.3, 0.4) is 0 Å². The molecule has 0 amide bonds. The highest BCUT2D eigenvalue weighted by atomic mass is 28.4. The fourth-order valence-electron chi connectivity index (χ4n) is 9.65. The van der Waals surface area contributed by atoms with Crippen molar-refractivity contribution in [2.45, 2.75) is 89.1 Å². The van der Waals surface area contributed by atoms with Crippen molar-refractivity contribution in [1.29, 1.82) is 0 Å². The van der Waals surface area contributed by atoms with Gasteiger partial charge in [-0.25, -0.2) is 0 Å². The van der Waals surface area contributed by atoms with Crippen molar-refractivity contribution in [3.8, 4) is 0 Å². The molecule has 4 saturated carbocycles. The second-order valence-electron chi connectivity index (χ2n) is 11.3. The molecule has 0 aromatic rings. The van der Waals surface area contributed by atoms with E-state index in [2.05, 4.69) is 9.13 Å². The van der Waals surface area contributed by atoms with Crippen LogP contribution >= 0.6 is 0 Å². The molecule has 0 aromatic carbocycles. The molecular formula is C24H42N2O2Si-. The zero-order valence-corrected chi connectivity index (χ0v) is 19.7. The van der Waals surface area contributed by atoms with Crippen LogP contribution in [0.25, 0.3) is 0 Å². The molecule has 4 nitrogen and oxygen atoms in total. The van der Waals surface area contributed by atoms with Crippen LogP contribution in [0.5, 0.6) is 0 Å². The largest absolute Gasteiger partial charge is 0.524 e. The second kappa shape index (κ2) is 7.58. The van der Waals surface area contributed by atoms with E-state index in [0.29, 0.717) is 0 Å². The van der Waals surface area contributed by atoms with Crippen molar-refractivity contribution in [2.75, 3.05) is 27.3 Å². The maximum absolute atomic E-state index is 6.61. The van der Waals surface area contributed by atoms with Gasteiger partial charge in [-0.2, -0.15) is 0 Å². The molecule has 0 spiro atoms. The molecule has 5 heteroatoms. The molecule has 29 heavy (non-hydrogen) atoms. The third-order valence-corrected chi connectivity index (χ3v) is 14.2. The molecule has 6 aliphatic rings. The summed E-state index contributed by atoms with van der Waals surface area (Å²) < 4.78 is 19.0. The fraction of sp³-hybridized carbons (Fsp3) is 1.00. The first kappa shape index (κ1) is 19.7. The predicted molar refractivity (Wildman–Crippen MR) is 117 cm³/mol. The summed E-state index contributed by atoms with van der Waals surface area (Å²) in [5.74, 6) is 5.81. The summed E-state index contributed by atoms with van der Waals surface area (Å²) in [6.07, 6.45) is 17.3. The second-order valence-corrected chi connectivity index (χ2v) is 14.3. The molecular weight excluding hydrogens is 376 g/mol. The van der Waals surface area contributed by atoms with Gasteiger partial charge in [-0.1, -0.05) is 25.7 Å². The van der Waals surface area contributed by atoms with Crippen LogP contribution in [0, 0.1) is 35.5 Å². The zero-order chi connectivity index (χ0) is 19.6. The van der Waals surface area contributed by atoms with Gasteiger partial charge in [-0.3, -0.25) is 0 Å². The Morgan fingerprint density at radius 2 is 0.966 bits per heavy atom. The van der Waals surface area contributed by atoms with Gasteiger partial charge in [0.15, 0.2) is 0 Å². The van der Waals surface area contributed by atoms with E-state index >= 15 is 0 Å². The fourth-order valence-corrected chi connectivity index (χ4v) is 13.3. The van der Waals surface area contributed by atoms with E-state index in [1.165, 1.54) is 90.1 Å².